The molecule has 1 rings (SSSR count). The molecule has 0 heterocycles. The van der Waals surface area contributed by atoms with Gasteiger partial charge in [0.2, 0.25) is 0 Å². The van der Waals surface area contributed by atoms with Gasteiger partial charge in [-0.15, -0.1) is 5.54 Å². The monoisotopic (exact) mass is 251 g/mol. The normalized spacial score (nSPS) is 10.3. The number of halogens is 1. The molecular weight excluding hydrogens is 238 g/mol. The molecule has 0 amide bonds. The van der Waals surface area contributed by atoms with Crippen LogP contribution in [0.4, 0.5) is 0 Å². The summed E-state index contributed by atoms with van der Waals surface area (Å²) in [6, 6.07) is 5.16. The van der Waals surface area contributed by atoms with E-state index in [9.17, 15) is 0 Å². The number of benzene rings is 1. The molecule has 1 radical (unpaired) electrons. The molecule has 1 aromatic rings. The van der Waals surface area contributed by atoms with E-state index in [-0.39, 0.29) is 0 Å². The van der Waals surface area contributed by atoms with Crippen LogP contribution >= 0.6 is 11.6 Å². The Bertz CT molecular complexity index is 432. The molecule has 1 N–H and O–H groups in total. The van der Waals surface area contributed by atoms with Crippen LogP contribution < -0.4 is 4.65 Å². The van der Waals surface area contributed by atoms with Gasteiger partial charge in [0.15, 0.2) is 0 Å². The number of hydrogen-bond acceptors (Lipinski definition) is 2. The highest BCUT2D eigenvalue weighted by molar-refractivity contribution is 6.83. The van der Waals surface area contributed by atoms with Crippen LogP contribution in [0, 0.1) is 11.5 Å². The van der Waals surface area contributed by atoms with Gasteiger partial charge in [-0.1, -0.05) is 37.2 Å². The lowest BCUT2D eigenvalue weighted by atomic mass is 10.2. The van der Waals surface area contributed by atoms with Crippen LogP contribution in [0.15, 0.2) is 18.2 Å². The molecule has 0 unspecified atom stereocenters. The van der Waals surface area contributed by atoms with Crippen molar-refractivity contribution in [1.29, 1.82) is 0 Å². The molecule has 16 heavy (non-hydrogen) atoms. The molecule has 83 valence electrons. The lowest BCUT2D eigenvalue weighted by Gasteiger charge is -2.07. The van der Waals surface area contributed by atoms with Gasteiger partial charge < -0.3 is 9.68 Å². The van der Waals surface area contributed by atoms with Crippen molar-refractivity contribution in [2.45, 2.75) is 19.6 Å². The summed E-state index contributed by atoms with van der Waals surface area (Å²) in [7, 11) is -0.792. The average molecular weight is 252 g/mol. The molecule has 1 aromatic carbocycles. The van der Waals surface area contributed by atoms with Crippen molar-refractivity contribution in [2.24, 2.45) is 0 Å². The van der Waals surface area contributed by atoms with Crippen LogP contribution in [0.5, 0.6) is 5.75 Å². The third-order valence-corrected chi connectivity index (χ3v) is 2.81. The zero-order valence-electron chi connectivity index (χ0n) is 9.54. The van der Waals surface area contributed by atoms with Crippen molar-refractivity contribution in [2.75, 3.05) is 0 Å². The molecule has 0 fully saturated rings. The van der Waals surface area contributed by atoms with E-state index in [0.29, 0.717) is 18.5 Å². The van der Waals surface area contributed by atoms with Crippen LogP contribution in [0.1, 0.15) is 5.56 Å². The highest BCUT2D eigenvalue weighted by Gasteiger charge is 2.09. The second kappa shape index (κ2) is 5.44. The third-order valence-electron chi connectivity index (χ3n) is 1.70. The minimum Gasteiger partial charge on any atom is -0.536 e. The highest BCUT2D eigenvalue weighted by Crippen LogP contribution is 2.22. The maximum Gasteiger partial charge on any atom is 0.569 e. The minimum absolute atomic E-state index is 0.473. The molecule has 0 aromatic heterocycles. The maximum atomic E-state index is 8.63. The van der Waals surface area contributed by atoms with Crippen molar-refractivity contribution in [1.82, 2.24) is 0 Å². The first-order valence-corrected chi connectivity index (χ1v) is 8.75. The minimum atomic E-state index is -1.42. The van der Waals surface area contributed by atoms with Crippen LogP contribution in [-0.2, 0) is 0 Å². The summed E-state index contributed by atoms with van der Waals surface area (Å²) in [6.45, 7) is 6.48. The van der Waals surface area contributed by atoms with Crippen molar-refractivity contribution in [3.63, 3.8) is 0 Å². The Morgan fingerprint density at radius 2 is 2.06 bits per heavy atom. The molecule has 0 aliphatic heterocycles. The SMILES string of the molecule is C[Si](C)(C)C#Cc1ccc(Cl)cc1O[B]O. The molecule has 0 saturated carbocycles. The molecular formula is C11H13BClO2Si. The summed E-state index contributed by atoms with van der Waals surface area (Å²) in [5.41, 5.74) is 3.96. The first-order chi connectivity index (χ1) is 7.42. The van der Waals surface area contributed by atoms with E-state index >= 15 is 0 Å². The Balaban J connectivity index is 3.06. The molecule has 0 aliphatic carbocycles. The second-order valence-electron chi connectivity index (χ2n) is 4.36. The quantitative estimate of drug-likeness (QED) is 0.646. The summed E-state index contributed by atoms with van der Waals surface area (Å²) >= 11 is 5.83. The maximum absolute atomic E-state index is 8.63. The van der Waals surface area contributed by atoms with Gasteiger partial charge in [0.1, 0.15) is 13.8 Å². The fourth-order valence-electron chi connectivity index (χ4n) is 1.01. The Morgan fingerprint density at radius 1 is 1.38 bits per heavy atom. The highest BCUT2D eigenvalue weighted by atomic mass is 35.5. The first-order valence-electron chi connectivity index (χ1n) is 4.88. The van der Waals surface area contributed by atoms with Gasteiger partial charge in [0.25, 0.3) is 0 Å². The largest absolute Gasteiger partial charge is 0.569 e. The van der Waals surface area contributed by atoms with Gasteiger partial charge in [-0.05, 0) is 18.2 Å². The van der Waals surface area contributed by atoms with Gasteiger partial charge in [0.05, 0.1) is 5.56 Å². The lowest BCUT2D eigenvalue weighted by molar-refractivity contribution is 0.453. The molecule has 0 atom stereocenters. The second-order valence-corrected chi connectivity index (χ2v) is 9.55. The van der Waals surface area contributed by atoms with Crippen LogP contribution in [0.3, 0.4) is 0 Å². The lowest BCUT2D eigenvalue weighted by Crippen LogP contribution is -2.16. The van der Waals surface area contributed by atoms with E-state index in [1.54, 1.807) is 18.2 Å². The molecule has 0 bridgehead atoms. The molecule has 0 saturated heterocycles. The van der Waals surface area contributed by atoms with E-state index in [1.807, 2.05) is 0 Å². The predicted molar refractivity (Wildman–Crippen MR) is 70.3 cm³/mol. The summed E-state index contributed by atoms with van der Waals surface area (Å²) in [5, 5.41) is 9.18. The van der Waals surface area contributed by atoms with Gasteiger partial charge >= 0.3 is 7.69 Å². The van der Waals surface area contributed by atoms with Crippen molar-refractivity contribution >= 4 is 27.4 Å². The van der Waals surface area contributed by atoms with E-state index in [0.717, 1.165) is 5.56 Å². The van der Waals surface area contributed by atoms with Crippen LogP contribution in [0.2, 0.25) is 24.7 Å². The Labute approximate surface area is 103 Å². The Kier molecular flexibility index (Phi) is 4.48. The predicted octanol–water partition coefficient (Wildman–Crippen LogP) is 2.47. The number of rotatable bonds is 2. The van der Waals surface area contributed by atoms with E-state index in [1.165, 1.54) is 0 Å². The topological polar surface area (TPSA) is 29.5 Å². The standard InChI is InChI=1S/C11H13BClO2Si/c1-16(2,3)7-6-9-4-5-10(13)8-11(9)15-12-14/h4-5,8,14H,1-3H3. The Morgan fingerprint density at radius 3 is 2.62 bits per heavy atom. The van der Waals surface area contributed by atoms with Crippen molar-refractivity contribution < 1.29 is 9.68 Å². The van der Waals surface area contributed by atoms with E-state index < -0.39 is 8.07 Å². The van der Waals surface area contributed by atoms with Gasteiger partial charge in [-0.3, -0.25) is 0 Å². The summed E-state index contributed by atoms with van der Waals surface area (Å²) in [5.74, 6) is 3.54. The van der Waals surface area contributed by atoms with Crippen molar-refractivity contribution in [3.8, 4) is 17.2 Å². The number of hydrogen-bond donors (Lipinski definition) is 1. The van der Waals surface area contributed by atoms with Crippen LogP contribution in [-0.4, -0.2) is 20.8 Å². The van der Waals surface area contributed by atoms with Gasteiger partial charge in [-0.2, -0.15) is 0 Å². The van der Waals surface area contributed by atoms with Gasteiger partial charge in [0, 0.05) is 5.02 Å². The fourth-order valence-corrected chi connectivity index (χ4v) is 1.68. The molecule has 0 aliphatic rings. The van der Waals surface area contributed by atoms with E-state index in [2.05, 4.69) is 31.1 Å². The molecule has 2 nitrogen and oxygen atoms in total. The summed E-state index contributed by atoms with van der Waals surface area (Å²) < 4.78 is 4.94. The fraction of sp³-hybridized carbons (Fsp3) is 0.273. The summed E-state index contributed by atoms with van der Waals surface area (Å²) in [6.07, 6.45) is 0. The zero-order valence-corrected chi connectivity index (χ0v) is 11.3. The third kappa shape index (κ3) is 4.32. The molecule has 0 spiro atoms. The smallest absolute Gasteiger partial charge is 0.536 e. The summed E-state index contributed by atoms with van der Waals surface area (Å²) in [4.78, 5) is 0. The first kappa shape index (κ1) is 13.2. The average Bonchev–Trinajstić information content (AvgIpc) is 2.15. The van der Waals surface area contributed by atoms with Crippen molar-refractivity contribution in [3.05, 3.63) is 28.8 Å². The Hall–Kier alpha value is -0.888. The molecule has 5 heteroatoms. The van der Waals surface area contributed by atoms with Gasteiger partial charge in [-0.25, -0.2) is 0 Å². The van der Waals surface area contributed by atoms with Crippen LogP contribution in [0.25, 0.3) is 0 Å². The van der Waals surface area contributed by atoms with E-state index in [4.69, 9.17) is 21.3 Å². The zero-order chi connectivity index (χ0) is 12.2.